The summed E-state index contributed by atoms with van der Waals surface area (Å²) in [5.74, 6) is 0. The monoisotopic (exact) mass is 340 g/mol. The standard InChI is InChI=1S/C19H24N4O2/c1-20-19-17(8-5-9-18(19)23(24)25)15-22-12-10-21(11-13-22)14-16-6-3-2-4-7-16/h2-9,20H,10-15H2,1H3. The van der Waals surface area contributed by atoms with Crippen LogP contribution in [0, 0.1) is 10.1 Å². The highest BCUT2D eigenvalue weighted by Gasteiger charge is 2.21. The van der Waals surface area contributed by atoms with E-state index in [0.29, 0.717) is 5.69 Å². The first-order valence-electron chi connectivity index (χ1n) is 8.60. The lowest BCUT2D eigenvalue weighted by Crippen LogP contribution is -2.45. The van der Waals surface area contributed by atoms with Gasteiger partial charge < -0.3 is 5.32 Å². The Hall–Kier alpha value is -2.44. The van der Waals surface area contributed by atoms with Gasteiger partial charge in [0.05, 0.1) is 4.92 Å². The van der Waals surface area contributed by atoms with Crippen LogP contribution in [-0.2, 0) is 13.1 Å². The van der Waals surface area contributed by atoms with Crippen LogP contribution in [0.15, 0.2) is 48.5 Å². The molecule has 132 valence electrons. The molecule has 1 N–H and O–H groups in total. The summed E-state index contributed by atoms with van der Waals surface area (Å²) in [6.07, 6.45) is 0. The number of para-hydroxylation sites is 1. The molecule has 1 fully saturated rings. The third-order valence-corrected chi connectivity index (χ3v) is 4.68. The fraction of sp³-hybridized carbons (Fsp3) is 0.368. The zero-order chi connectivity index (χ0) is 17.6. The molecule has 3 rings (SSSR count). The lowest BCUT2D eigenvalue weighted by atomic mass is 10.1. The van der Waals surface area contributed by atoms with E-state index in [1.165, 1.54) is 5.56 Å². The normalized spacial score (nSPS) is 15.9. The minimum atomic E-state index is -0.326. The zero-order valence-corrected chi connectivity index (χ0v) is 14.5. The van der Waals surface area contributed by atoms with Gasteiger partial charge in [0.25, 0.3) is 5.69 Å². The van der Waals surface area contributed by atoms with Crippen LogP contribution in [0.1, 0.15) is 11.1 Å². The molecule has 0 atom stereocenters. The van der Waals surface area contributed by atoms with Crippen LogP contribution in [0.2, 0.25) is 0 Å². The van der Waals surface area contributed by atoms with Crippen LogP contribution in [0.4, 0.5) is 11.4 Å². The number of nitrogens with zero attached hydrogens (tertiary/aromatic N) is 3. The van der Waals surface area contributed by atoms with Crippen molar-refractivity contribution in [3.05, 3.63) is 69.8 Å². The van der Waals surface area contributed by atoms with E-state index in [9.17, 15) is 10.1 Å². The van der Waals surface area contributed by atoms with E-state index in [2.05, 4.69) is 39.4 Å². The second-order valence-electron chi connectivity index (χ2n) is 6.36. The fourth-order valence-corrected chi connectivity index (χ4v) is 3.35. The zero-order valence-electron chi connectivity index (χ0n) is 14.5. The molecule has 0 aromatic heterocycles. The Labute approximate surface area is 148 Å². The van der Waals surface area contributed by atoms with E-state index < -0.39 is 0 Å². The van der Waals surface area contributed by atoms with Crippen molar-refractivity contribution in [2.45, 2.75) is 13.1 Å². The topological polar surface area (TPSA) is 61.6 Å². The maximum Gasteiger partial charge on any atom is 0.292 e. The summed E-state index contributed by atoms with van der Waals surface area (Å²) in [6, 6.07) is 15.8. The molecule has 0 bridgehead atoms. The molecular weight excluding hydrogens is 316 g/mol. The summed E-state index contributed by atoms with van der Waals surface area (Å²) in [7, 11) is 1.74. The highest BCUT2D eigenvalue weighted by atomic mass is 16.6. The van der Waals surface area contributed by atoms with Gasteiger partial charge in [0.15, 0.2) is 0 Å². The fourth-order valence-electron chi connectivity index (χ4n) is 3.35. The van der Waals surface area contributed by atoms with Gasteiger partial charge in [-0.1, -0.05) is 42.5 Å². The summed E-state index contributed by atoms with van der Waals surface area (Å²) in [6.45, 7) is 5.68. The van der Waals surface area contributed by atoms with Crippen molar-refractivity contribution in [2.24, 2.45) is 0 Å². The predicted molar refractivity (Wildman–Crippen MR) is 99.6 cm³/mol. The third-order valence-electron chi connectivity index (χ3n) is 4.68. The Morgan fingerprint density at radius 2 is 1.60 bits per heavy atom. The lowest BCUT2D eigenvalue weighted by molar-refractivity contribution is -0.384. The van der Waals surface area contributed by atoms with E-state index in [1.54, 1.807) is 19.2 Å². The van der Waals surface area contributed by atoms with Gasteiger partial charge in [-0.25, -0.2) is 0 Å². The highest BCUT2D eigenvalue weighted by molar-refractivity contribution is 5.66. The average molecular weight is 340 g/mol. The Morgan fingerprint density at radius 3 is 2.20 bits per heavy atom. The van der Waals surface area contributed by atoms with E-state index in [1.807, 2.05) is 12.1 Å². The van der Waals surface area contributed by atoms with Gasteiger partial charge in [0.1, 0.15) is 5.69 Å². The van der Waals surface area contributed by atoms with Gasteiger partial charge in [0, 0.05) is 52.4 Å². The van der Waals surface area contributed by atoms with E-state index in [4.69, 9.17) is 0 Å². The SMILES string of the molecule is CNc1c(CN2CCN(Cc3ccccc3)CC2)cccc1[N+](=O)[O-]. The summed E-state index contributed by atoms with van der Waals surface area (Å²) < 4.78 is 0. The molecule has 2 aromatic carbocycles. The number of anilines is 1. The van der Waals surface area contributed by atoms with Gasteiger partial charge >= 0.3 is 0 Å². The molecule has 1 heterocycles. The summed E-state index contributed by atoms with van der Waals surface area (Å²) in [5.41, 5.74) is 3.09. The number of hydrogen-bond donors (Lipinski definition) is 1. The van der Waals surface area contributed by atoms with E-state index >= 15 is 0 Å². The first-order valence-corrected chi connectivity index (χ1v) is 8.60. The maximum atomic E-state index is 11.2. The van der Waals surface area contributed by atoms with Crippen molar-refractivity contribution in [1.29, 1.82) is 0 Å². The Bertz CT molecular complexity index is 713. The van der Waals surface area contributed by atoms with Gasteiger partial charge in [-0.05, 0) is 11.1 Å². The van der Waals surface area contributed by atoms with Crippen LogP contribution in [0.5, 0.6) is 0 Å². The highest BCUT2D eigenvalue weighted by Crippen LogP contribution is 2.29. The molecule has 0 radical (unpaired) electrons. The van der Waals surface area contributed by atoms with Crippen molar-refractivity contribution >= 4 is 11.4 Å². The van der Waals surface area contributed by atoms with Gasteiger partial charge in [-0.15, -0.1) is 0 Å². The van der Waals surface area contributed by atoms with Crippen LogP contribution in [-0.4, -0.2) is 47.9 Å². The van der Waals surface area contributed by atoms with E-state index in [0.717, 1.165) is 44.8 Å². The quantitative estimate of drug-likeness (QED) is 0.647. The van der Waals surface area contributed by atoms with Crippen LogP contribution >= 0.6 is 0 Å². The average Bonchev–Trinajstić information content (AvgIpc) is 2.64. The van der Waals surface area contributed by atoms with Crippen LogP contribution < -0.4 is 5.32 Å². The molecule has 0 amide bonds. The number of nitrogens with one attached hydrogen (secondary N) is 1. The largest absolute Gasteiger partial charge is 0.382 e. The van der Waals surface area contributed by atoms with Crippen LogP contribution in [0.25, 0.3) is 0 Å². The number of nitro benzene ring substituents is 1. The summed E-state index contributed by atoms with van der Waals surface area (Å²) in [5, 5.41) is 14.2. The molecule has 0 aliphatic carbocycles. The lowest BCUT2D eigenvalue weighted by Gasteiger charge is -2.35. The molecule has 25 heavy (non-hydrogen) atoms. The molecule has 2 aromatic rings. The number of hydrogen-bond acceptors (Lipinski definition) is 5. The third kappa shape index (κ3) is 4.35. The molecule has 1 aliphatic rings. The second-order valence-corrected chi connectivity index (χ2v) is 6.36. The summed E-state index contributed by atoms with van der Waals surface area (Å²) >= 11 is 0. The van der Waals surface area contributed by atoms with E-state index in [-0.39, 0.29) is 10.6 Å². The number of piperazine rings is 1. The predicted octanol–water partition coefficient (Wildman–Crippen LogP) is 2.95. The van der Waals surface area contributed by atoms with Crippen molar-refractivity contribution in [1.82, 2.24) is 9.80 Å². The molecule has 0 unspecified atom stereocenters. The Balaban J connectivity index is 1.59. The molecular formula is C19H24N4O2. The number of nitro groups is 1. The molecule has 6 heteroatoms. The molecule has 0 spiro atoms. The van der Waals surface area contributed by atoms with Crippen molar-refractivity contribution in [3.8, 4) is 0 Å². The van der Waals surface area contributed by atoms with Crippen molar-refractivity contribution < 1.29 is 4.92 Å². The number of benzene rings is 2. The first-order chi connectivity index (χ1) is 12.2. The van der Waals surface area contributed by atoms with Gasteiger partial charge in [-0.2, -0.15) is 0 Å². The maximum absolute atomic E-state index is 11.2. The Morgan fingerprint density at radius 1 is 0.960 bits per heavy atom. The van der Waals surface area contributed by atoms with Crippen molar-refractivity contribution in [2.75, 3.05) is 38.5 Å². The Kier molecular flexibility index (Phi) is 5.63. The smallest absolute Gasteiger partial charge is 0.292 e. The van der Waals surface area contributed by atoms with Gasteiger partial charge in [-0.3, -0.25) is 19.9 Å². The molecule has 1 aliphatic heterocycles. The van der Waals surface area contributed by atoms with Crippen LogP contribution in [0.3, 0.4) is 0 Å². The van der Waals surface area contributed by atoms with Crippen molar-refractivity contribution in [3.63, 3.8) is 0 Å². The van der Waals surface area contributed by atoms with Gasteiger partial charge in [0.2, 0.25) is 0 Å². The number of rotatable bonds is 6. The molecule has 1 saturated heterocycles. The minimum Gasteiger partial charge on any atom is -0.382 e. The first kappa shape index (κ1) is 17.4. The molecule has 6 nitrogen and oxygen atoms in total. The molecule has 0 saturated carbocycles. The summed E-state index contributed by atoms with van der Waals surface area (Å²) in [4.78, 5) is 15.7. The minimum absolute atomic E-state index is 0.141. The second kappa shape index (κ2) is 8.09.